The van der Waals surface area contributed by atoms with E-state index in [2.05, 4.69) is 30.4 Å². The van der Waals surface area contributed by atoms with Crippen molar-refractivity contribution in [3.63, 3.8) is 0 Å². The zero-order valence-electron chi connectivity index (χ0n) is 21.9. The van der Waals surface area contributed by atoms with Gasteiger partial charge in [-0.15, -0.1) is 0 Å². The first-order valence-electron chi connectivity index (χ1n) is 13.2. The lowest BCUT2D eigenvalue weighted by Crippen LogP contribution is -2.43. The molecule has 0 aromatic heterocycles. The smallest absolute Gasteiger partial charge is 0.254 e. The Balaban J connectivity index is 1.41. The predicted octanol–water partition coefficient (Wildman–Crippen LogP) is 5.67. The maximum atomic E-state index is 14.0. The number of fused-ring (bicyclic) bond motifs is 2. The van der Waals surface area contributed by atoms with Crippen LogP contribution in [-0.2, 0) is 0 Å². The van der Waals surface area contributed by atoms with Crippen LogP contribution in [0.5, 0.6) is 17.2 Å². The molecule has 3 atom stereocenters. The number of rotatable bonds is 7. The minimum atomic E-state index is -0.796. The van der Waals surface area contributed by atoms with Crippen molar-refractivity contribution >= 4 is 12.0 Å². The van der Waals surface area contributed by atoms with E-state index in [9.17, 15) is 4.79 Å². The molecule has 3 aliphatic rings. The van der Waals surface area contributed by atoms with E-state index in [4.69, 9.17) is 14.2 Å². The summed E-state index contributed by atoms with van der Waals surface area (Å²) in [6, 6.07) is 14.7. The third kappa shape index (κ3) is 5.39. The Morgan fingerprint density at radius 1 is 1.17 bits per heavy atom. The van der Waals surface area contributed by atoms with E-state index in [1.165, 1.54) is 25.7 Å². The maximum absolute atomic E-state index is 14.0. The topological polar surface area (TPSA) is 60.0 Å². The summed E-state index contributed by atoms with van der Waals surface area (Å²) in [5.41, 5.74) is 2.83. The van der Waals surface area contributed by atoms with E-state index in [1.807, 2.05) is 36.9 Å². The molecule has 0 bridgehead atoms. The molecule has 0 spiro atoms. The lowest BCUT2D eigenvalue weighted by atomic mass is 9.85. The second kappa shape index (κ2) is 10.2. The molecule has 0 radical (unpaired) electrons. The molecule has 1 saturated heterocycles. The van der Waals surface area contributed by atoms with Crippen molar-refractivity contribution in [2.75, 3.05) is 20.2 Å². The summed E-state index contributed by atoms with van der Waals surface area (Å²) in [5.74, 6) is 1.52. The largest absolute Gasteiger partial charge is 0.493 e. The summed E-state index contributed by atoms with van der Waals surface area (Å²) in [5, 5.41) is 3.84. The van der Waals surface area contributed by atoms with E-state index in [-0.39, 0.29) is 5.91 Å². The van der Waals surface area contributed by atoms with Gasteiger partial charge in [0.2, 0.25) is 11.5 Å². The van der Waals surface area contributed by atoms with Gasteiger partial charge in [-0.25, -0.2) is 0 Å². The Kier molecular flexibility index (Phi) is 6.98. The van der Waals surface area contributed by atoms with Gasteiger partial charge in [-0.1, -0.05) is 54.8 Å². The molecule has 1 amide bonds. The Bertz CT molecular complexity index is 1110. The van der Waals surface area contributed by atoms with Crippen LogP contribution in [0.3, 0.4) is 0 Å². The number of carbonyl (C=O) groups excluding carboxylic acids is 1. The summed E-state index contributed by atoms with van der Waals surface area (Å²) in [6.07, 6.45) is 8.46. The summed E-state index contributed by atoms with van der Waals surface area (Å²) in [7, 11) is 1.59. The number of hydrogen-bond donors (Lipinski definition) is 1. The molecule has 192 valence electrons. The van der Waals surface area contributed by atoms with Crippen LogP contribution in [0, 0.1) is 5.92 Å². The Hall–Kier alpha value is -2.99. The minimum absolute atomic E-state index is 0.0260. The fourth-order valence-corrected chi connectivity index (χ4v) is 5.98. The average Bonchev–Trinajstić information content (AvgIpc) is 3.41. The Labute approximate surface area is 214 Å². The third-order valence-electron chi connectivity index (χ3n) is 7.52. The normalized spacial score (nSPS) is 24.3. The van der Waals surface area contributed by atoms with Gasteiger partial charge in [0.1, 0.15) is 0 Å². The van der Waals surface area contributed by atoms with Gasteiger partial charge < -0.3 is 24.4 Å². The second-order valence-corrected chi connectivity index (χ2v) is 10.9. The van der Waals surface area contributed by atoms with E-state index >= 15 is 0 Å². The molecule has 36 heavy (non-hydrogen) atoms. The molecule has 1 N–H and O–H groups in total. The minimum Gasteiger partial charge on any atom is -0.493 e. The van der Waals surface area contributed by atoms with Gasteiger partial charge >= 0.3 is 0 Å². The van der Waals surface area contributed by atoms with Crippen molar-refractivity contribution in [3.05, 3.63) is 59.2 Å². The molecule has 6 heteroatoms. The first-order valence-corrected chi connectivity index (χ1v) is 13.2. The molecule has 1 aliphatic carbocycles. The number of methoxy groups -OCH3 is 1. The molecule has 5 rings (SSSR count). The van der Waals surface area contributed by atoms with Crippen LogP contribution in [-0.4, -0.2) is 48.9 Å². The highest BCUT2D eigenvalue weighted by Crippen LogP contribution is 2.47. The van der Waals surface area contributed by atoms with Gasteiger partial charge in [-0.2, -0.15) is 0 Å². The van der Waals surface area contributed by atoms with E-state index in [0.29, 0.717) is 48.0 Å². The molecule has 2 aromatic rings. The number of amides is 1. The lowest BCUT2D eigenvalue weighted by molar-refractivity contribution is -0.0439. The quantitative estimate of drug-likeness (QED) is 0.542. The molecule has 2 fully saturated rings. The van der Waals surface area contributed by atoms with Crippen LogP contribution in [0.4, 0.5) is 0 Å². The highest BCUT2D eigenvalue weighted by molar-refractivity contribution is 5.96. The fraction of sp³-hybridized carbons (Fsp3) is 0.500. The van der Waals surface area contributed by atoms with Crippen LogP contribution in [0.1, 0.15) is 68.8 Å². The van der Waals surface area contributed by atoms with E-state index < -0.39 is 5.79 Å². The molecular weight excluding hydrogens is 452 g/mol. The molecule has 2 aliphatic heterocycles. The Morgan fingerprint density at radius 3 is 2.69 bits per heavy atom. The lowest BCUT2D eigenvalue weighted by Gasteiger charge is -2.27. The molecule has 1 saturated carbocycles. The van der Waals surface area contributed by atoms with Crippen molar-refractivity contribution in [3.8, 4) is 17.2 Å². The average molecular weight is 491 g/mol. The van der Waals surface area contributed by atoms with Crippen molar-refractivity contribution in [2.45, 2.75) is 70.7 Å². The standard InChI is InChI=1S/C30H38N2O4/c1-20(14-21-10-6-5-7-11-21)18-32(19-24-15-22-12-8-9-13-25(22)31-24)29(33)23-16-26(34-4)28-27(17-23)35-30(2,3)36-28/h5-7,10-11,14,16-17,22,24-25,31H,8-9,12-13,15,18-19H2,1-4H3/b20-14+/t22-,24+,25-/m0/s1. The second-order valence-electron chi connectivity index (χ2n) is 10.9. The number of benzene rings is 2. The van der Waals surface area contributed by atoms with Gasteiger partial charge in [0.05, 0.1) is 7.11 Å². The highest BCUT2D eigenvalue weighted by atomic mass is 16.7. The van der Waals surface area contributed by atoms with Crippen molar-refractivity contribution in [1.29, 1.82) is 0 Å². The highest BCUT2D eigenvalue weighted by Gasteiger charge is 2.38. The summed E-state index contributed by atoms with van der Waals surface area (Å²) in [6.45, 7) is 7.03. The third-order valence-corrected chi connectivity index (χ3v) is 7.52. The number of carbonyl (C=O) groups is 1. The van der Waals surface area contributed by atoms with Gasteiger partial charge in [-0.05, 0) is 49.8 Å². The number of ether oxygens (including phenoxy) is 3. The van der Waals surface area contributed by atoms with Crippen LogP contribution in [0.15, 0.2) is 48.0 Å². The first-order chi connectivity index (χ1) is 17.3. The zero-order chi connectivity index (χ0) is 25.3. The Morgan fingerprint density at radius 2 is 1.94 bits per heavy atom. The van der Waals surface area contributed by atoms with E-state index in [1.54, 1.807) is 19.2 Å². The molecular formula is C30H38N2O4. The first kappa shape index (κ1) is 24.7. The van der Waals surface area contributed by atoms with Gasteiger partial charge in [0.15, 0.2) is 11.5 Å². The number of hydrogen-bond acceptors (Lipinski definition) is 5. The summed E-state index contributed by atoms with van der Waals surface area (Å²) >= 11 is 0. The number of nitrogens with zero attached hydrogens (tertiary/aromatic N) is 1. The predicted molar refractivity (Wildman–Crippen MR) is 142 cm³/mol. The monoisotopic (exact) mass is 490 g/mol. The fourth-order valence-electron chi connectivity index (χ4n) is 5.98. The van der Waals surface area contributed by atoms with Crippen molar-refractivity contribution in [2.24, 2.45) is 5.92 Å². The van der Waals surface area contributed by atoms with Crippen LogP contribution in [0.25, 0.3) is 6.08 Å². The summed E-state index contributed by atoms with van der Waals surface area (Å²) < 4.78 is 17.5. The van der Waals surface area contributed by atoms with Crippen LogP contribution < -0.4 is 19.5 Å². The molecule has 2 heterocycles. The van der Waals surface area contributed by atoms with Crippen molar-refractivity contribution in [1.82, 2.24) is 10.2 Å². The van der Waals surface area contributed by atoms with Gasteiger partial charge in [0, 0.05) is 44.6 Å². The molecule has 0 unspecified atom stereocenters. The van der Waals surface area contributed by atoms with Gasteiger partial charge in [-0.3, -0.25) is 4.79 Å². The maximum Gasteiger partial charge on any atom is 0.254 e. The van der Waals surface area contributed by atoms with Crippen LogP contribution in [0.2, 0.25) is 0 Å². The van der Waals surface area contributed by atoms with Crippen molar-refractivity contribution < 1.29 is 19.0 Å². The number of nitrogens with one attached hydrogen (secondary N) is 1. The molecule has 2 aromatic carbocycles. The SMILES string of the molecule is COc1cc(C(=O)N(C/C(C)=C/c2ccccc2)C[C@H]2C[C@@H]3CCCC[C@@H]3N2)cc2c1OC(C)(C)O2. The molecule has 6 nitrogen and oxygen atoms in total. The van der Waals surface area contributed by atoms with Gasteiger partial charge in [0.25, 0.3) is 5.91 Å². The summed E-state index contributed by atoms with van der Waals surface area (Å²) in [4.78, 5) is 16.0. The zero-order valence-corrected chi connectivity index (χ0v) is 21.9. The van der Waals surface area contributed by atoms with Crippen LogP contribution >= 0.6 is 0 Å². The van der Waals surface area contributed by atoms with E-state index in [0.717, 1.165) is 23.5 Å².